The van der Waals surface area contributed by atoms with E-state index < -0.39 is 0 Å². The molecule has 0 saturated carbocycles. The Labute approximate surface area is 171 Å². The highest BCUT2D eigenvalue weighted by atomic mass is 19.1. The summed E-state index contributed by atoms with van der Waals surface area (Å²) in [6.07, 6.45) is 1.09. The van der Waals surface area contributed by atoms with Gasteiger partial charge in [0.2, 0.25) is 0 Å². The van der Waals surface area contributed by atoms with E-state index in [4.69, 9.17) is 4.74 Å². The molecule has 0 aromatic heterocycles. The van der Waals surface area contributed by atoms with Crippen LogP contribution in [0.3, 0.4) is 0 Å². The second-order valence-corrected chi connectivity index (χ2v) is 8.09. The maximum atomic E-state index is 14.8. The smallest absolute Gasteiger partial charge is 0.255 e. The number of hydrogen-bond donors (Lipinski definition) is 2. The van der Waals surface area contributed by atoms with E-state index in [1.807, 2.05) is 18.2 Å². The van der Waals surface area contributed by atoms with Crippen molar-refractivity contribution in [1.82, 2.24) is 10.2 Å². The highest BCUT2D eigenvalue weighted by molar-refractivity contribution is 6.04. The van der Waals surface area contributed by atoms with Gasteiger partial charge >= 0.3 is 0 Å². The van der Waals surface area contributed by atoms with Crippen molar-refractivity contribution < 1.29 is 13.9 Å². The van der Waals surface area contributed by atoms with Gasteiger partial charge in [-0.2, -0.15) is 0 Å². The lowest BCUT2D eigenvalue weighted by molar-refractivity contribution is -0.0704. The third-order valence-electron chi connectivity index (χ3n) is 5.57. The van der Waals surface area contributed by atoms with Gasteiger partial charge in [0.25, 0.3) is 5.91 Å². The number of morpholine rings is 1. The third kappa shape index (κ3) is 4.66. The Balaban J connectivity index is 1.41. The number of fused-ring (bicyclic) bond motifs is 1. The van der Waals surface area contributed by atoms with Crippen LogP contribution < -0.4 is 10.6 Å². The van der Waals surface area contributed by atoms with E-state index >= 15 is 0 Å². The van der Waals surface area contributed by atoms with Crippen LogP contribution in [-0.2, 0) is 24.2 Å². The Kier molecular flexibility index (Phi) is 5.94. The molecule has 6 heteroatoms. The van der Waals surface area contributed by atoms with Gasteiger partial charge in [-0.05, 0) is 61.7 Å². The minimum absolute atomic E-state index is 0.228. The lowest BCUT2D eigenvalue weighted by Gasteiger charge is -2.35. The average molecular weight is 397 g/mol. The number of rotatable bonds is 4. The third-order valence-corrected chi connectivity index (χ3v) is 5.57. The van der Waals surface area contributed by atoms with Crippen LogP contribution >= 0.6 is 0 Å². The monoisotopic (exact) mass is 397 g/mol. The Hall–Kier alpha value is -2.28. The highest BCUT2D eigenvalue weighted by Gasteiger charge is 2.22. The normalized spacial score (nSPS) is 22.2. The van der Waals surface area contributed by atoms with Crippen molar-refractivity contribution in [3.8, 4) is 0 Å². The van der Waals surface area contributed by atoms with Gasteiger partial charge in [0.15, 0.2) is 0 Å². The molecule has 1 amide bonds. The lowest BCUT2D eigenvalue weighted by atomic mass is 9.99. The summed E-state index contributed by atoms with van der Waals surface area (Å²) in [5.74, 6) is -0.609. The van der Waals surface area contributed by atoms with Crippen LogP contribution in [0.5, 0.6) is 0 Å². The molecule has 0 spiro atoms. The first-order valence-corrected chi connectivity index (χ1v) is 10.3. The lowest BCUT2D eigenvalue weighted by Crippen LogP contribution is -2.44. The minimum Gasteiger partial charge on any atom is -0.373 e. The zero-order chi connectivity index (χ0) is 20.4. The SMILES string of the molecule is CC1CN(Cc2ccc(C(=O)Nc3ccc4c(c3F)CCNC4)cc2)CC(C)O1. The van der Waals surface area contributed by atoms with Crippen LogP contribution in [0.15, 0.2) is 36.4 Å². The summed E-state index contributed by atoms with van der Waals surface area (Å²) in [7, 11) is 0. The maximum Gasteiger partial charge on any atom is 0.255 e. The van der Waals surface area contributed by atoms with Gasteiger partial charge in [-0.25, -0.2) is 4.39 Å². The fraction of sp³-hybridized carbons (Fsp3) is 0.435. The molecule has 2 heterocycles. The molecule has 2 aliphatic heterocycles. The summed E-state index contributed by atoms with van der Waals surface area (Å²) >= 11 is 0. The van der Waals surface area contributed by atoms with Crippen LogP contribution in [0.2, 0.25) is 0 Å². The van der Waals surface area contributed by atoms with Gasteiger partial charge in [-0.1, -0.05) is 18.2 Å². The molecule has 29 heavy (non-hydrogen) atoms. The second-order valence-electron chi connectivity index (χ2n) is 8.09. The number of anilines is 1. The number of nitrogens with one attached hydrogen (secondary N) is 2. The average Bonchev–Trinajstić information content (AvgIpc) is 2.70. The van der Waals surface area contributed by atoms with Crippen LogP contribution in [0, 0.1) is 5.82 Å². The molecule has 0 aliphatic carbocycles. The number of carbonyl (C=O) groups excluding carboxylic acids is 1. The van der Waals surface area contributed by atoms with Crippen molar-refractivity contribution in [3.63, 3.8) is 0 Å². The quantitative estimate of drug-likeness (QED) is 0.831. The molecule has 1 fully saturated rings. The van der Waals surface area contributed by atoms with E-state index in [2.05, 4.69) is 29.4 Å². The largest absolute Gasteiger partial charge is 0.373 e. The predicted molar refractivity (Wildman–Crippen MR) is 111 cm³/mol. The molecule has 0 radical (unpaired) electrons. The molecular weight excluding hydrogens is 369 g/mol. The Morgan fingerprint density at radius 1 is 1.17 bits per heavy atom. The topological polar surface area (TPSA) is 53.6 Å². The number of amides is 1. The number of nitrogens with zero attached hydrogens (tertiary/aromatic N) is 1. The number of carbonyl (C=O) groups is 1. The Morgan fingerprint density at radius 3 is 2.62 bits per heavy atom. The van der Waals surface area contributed by atoms with Crippen molar-refractivity contribution in [3.05, 3.63) is 64.5 Å². The molecule has 2 atom stereocenters. The fourth-order valence-electron chi connectivity index (χ4n) is 4.26. The zero-order valence-electron chi connectivity index (χ0n) is 17.0. The van der Waals surface area contributed by atoms with Gasteiger partial charge in [-0.3, -0.25) is 9.69 Å². The van der Waals surface area contributed by atoms with Gasteiger partial charge in [0.05, 0.1) is 17.9 Å². The number of ether oxygens (including phenoxy) is 1. The highest BCUT2D eigenvalue weighted by Crippen LogP contribution is 2.25. The molecular formula is C23H28FN3O2. The Morgan fingerprint density at radius 2 is 1.90 bits per heavy atom. The molecule has 154 valence electrons. The number of hydrogen-bond acceptors (Lipinski definition) is 4. The van der Waals surface area contributed by atoms with Crippen molar-refractivity contribution in [2.75, 3.05) is 25.0 Å². The van der Waals surface area contributed by atoms with Crippen molar-refractivity contribution in [2.24, 2.45) is 0 Å². The summed E-state index contributed by atoms with van der Waals surface area (Å²) < 4.78 is 20.5. The van der Waals surface area contributed by atoms with Crippen LogP contribution in [-0.4, -0.2) is 42.6 Å². The van der Waals surface area contributed by atoms with Crippen molar-refractivity contribution in [2.45, 2.75) is 45.6 Å². The van der Waals surface area contributed by atoms with Gasteiger partial charge < -0.3 is 15.4 Å². The molecule has 1 saturated heterocycles. The predicted octanol–water partition coefficient (Wildman–Crippen LogP) is 3.33. The van der Waals surface area contributed by atoms with E-state index in [0.717, 1.165) is 37.3 Å². The van der Waals surface area contributed by atoms with Gasteiger partial charge in [0.1, 0.15) is 5.82 Å². The molecule has 2 N–H and O–H groups in total. The van der Waals surface area contributed by atoms with Crippen LogP contribution in [0.1, 0.15) is 40.9 Å². The minimum atomic E-state index is -0.315. The summed E-state index contributed by atoms with van der Waals surface area (Å²) in [5.41, 5.74) is 3.58. The second kappa shape index (κ2) is 8.61. The van der Waals surface area contributed by atoms with Crippen molar-refractivity contribution in [1.29, 1.82) is 0 Å². The first kappa shape index (κ1) is 20.0. The van der Waals surface area contributed by atoms with E-state index in [9.17, 15) is 9.18 Å². The van der Waals surface area contributed by atoms with Gasteiger partial charge in [-0.15, -0.1) is 0 Å². The summed E-state index contributed by atoms with van der Waals surface area (Å²) in [6, 6.07) is 11.1. The molecule has 2 aromatic rings. The first-order valence-electron chi connectivity index (χ1n) is 10.3. The molecule has 4 rings (SSSR count). The standard InChI is InChI=1S/C23H28FN3O2/c1-15-12-27(13-16(2)29-15)14-17-3-5-18(6-4-17)23(28)26-21-8-7-19-11-25-10-9-20(19)22(21)24/h3-8,15-16,25H,9-14H2,1-2H3,(H,26,28). The Bertz CT molecular complexity index is 874. The van der Waals surface area contributed by atoms with E-state index in [1.54, 1.807) is 18.2 Å². The fourth-order valence-corrected chi connectivity index (χ4v) is 4.26. The number of halogens is 1. The van der Waals surface area contributed by atoms with E-state index in [-0.39, 0.29) is 29.6 Å². The summed E-state index contributed by atoms with van der Waals surface area (Å²) in [5, 5.41) is 5.96. The van der Waals surface area contributed by atoms with Gasteiger partial charge in [0, 0.05) is 31.7 Å². The van der Waals surface area contributed by atoms with Crippen LogP contribution in [0.25, 0.3) is 0 Å². The van der Waals surface area contributed by atoms with Crippen molar-refractivity contribution >= 4 is 11.6 Å². The first-order chi connectivity index (χ1) is 14.0. The maximum absolute atomic E-state index is 14.8. The number of benzene rings is 2. The summed E-state index contributed by atoms with van der Waals surface area (Å²) in [4.78, 5) is 15.0. The molecule has 2 unspecified atom stereocenters. The van der Waals surface area contributed by atoms with E-state index in [0.29, 0.717) is 24.1 Å². The molecule has 0 bridgehead atoms. The zero-order valence-corrected chi connectivity index (χ0v) is 17.0. The molecule has 5 nitrogen and oxygen atoms in total. The molecule has 2 aromatic carbocycles. The molecule has 2 aliphatic rings. The summed E-state index contributed by atoms with van der Waals surface area (Å²) in [6.45, 7) is 8.23. The van der Waals surface area contributed by atoms with Crippen LogP contribution in [0.4, 0.5) is 10.1 Å². The van der Waals surface area contributed by atoms with E-state index in [1.165, 1.54) is 0 Å².